The van der Waals surface area contributed by atoms with Crippen molar-refractivity contribution in [1.29, 1.82) is 0 Å². The molecule has 1 fully saturated rings. The summed E-state index contributed by atoms with van der Waals surface area (Å²) in [5.41, 5.74) is 0.437. The van der Waals surface area contributed by atoms with Gasteiger partial charge in [0.1, 0.15) is 5.82 Å². The minimum atomic E-state index is -0.469. The maximum Gasteiger partial charge on any atom is 0.236 e. The number of rotatable bonds is 3. The lowest BCUT2D eigenvalue weighted by molar-refractivity contribution is -0.118. The van der Waals surface area contributed by atoms with Crippen molar-refractivity contribution in [3.63, 3.8) is 0 Å². The number of hydrogen-bond donors (Lipinski definition) is 2. The molecule has 0 saturated heterocycles. The number of benzene rings is 1. The summed E-state index contributed by atoms with van der Waals surface area (Å²) in [6.45, 7) is 0. The van der Waals surface area contributed by atoms with Gasteiger partial charge in [-0.05, 0) is 24.5 Å². The minimum Gasteiger partial charge on any atom is -0.310 e. The van der Waals surface area contributed by atoms with E-state index < -0.39 is 5.41 Å². The first kappa shape index (κ1) is 11.3. The molecule has 1 aliphatic rings. The van der Waals surface area contributed by atoms with E-state index >= 15 is 0 Å². The highest BCUT2D eigenvalue weighted by Gasteiger charge is 2.52. The smallest absolute Gasteiger partial charge is 0.236 e. The lowest BCUT2D eigenvalue weighted by Gasteiger charge is -2.16. The number of H-pyrrole nitrogens is 1. The third-order valence-electron chi connectivity index (χ3n) is 3.32. The number of aromatic amines is 1. The van der Waals surface area contributed by atoms with Crippen LogP contribution in [0.3, 0.4) is 0 Å². The first-order valence-electron chi connectivity index (χ1n) is 5.78. The molecule has 1 aliphatic carbocycles. The molecule has 0 aliphatic heterocycles. The van der Waals surface area contributed by atoms with Crippen LogP contribution in [0.5, 0.6) is 0 Å². The van der Waals surface area contributed by atoms with Crippen molar-refractivity contribution in [2.75, 3.05) is 5.32 Å². The van der Waals surface area contributed by atoms with Crippen molar-refractivity contribution in [3.8, 4) is 0 Å². The first-order chi connectivity index (χ1) is 8.72. The summed E-state index contributed by atoms with van der Waals surface area (Å²) in [7, 11) is 0. The summed E-state index contributed by atoms with van der Waals surface area (Å²) >= 11 is 6.17. The second-order valence-corrected chi connectivity index (χ2v) is 4.89. The highest BCUT2D eigenvalue weighted by Crippen LogP contribution is 2.51. The summed E-state index contributed by atoms with van der Waals surface area (Å²) in [4.78, 5) is 12.3. The Kier molecular flexibility index (Phi) is 2.59. The van der Waals surface area contributed by atoms with E-state index in [-0.39, 0.29) is 5.91 Å². The van der Waals surface area contributed by atoms with E-state index in [1.165, 1.54) is 0 Å². The molecule has 0 unspecified atom stereocenters. The number of hydrogen-bond acceptors (Lipinski definition) is 2. The number of carbonyl (C=O) groups is 1. The van der Waals surface area contributed by atoms with Gasteiger partial charge in [0.25, 0.3) is 0 Å². The van der Waals surface area contributed by atoms with Crippen LogP contribution in [0.15, 0.2) is 36.5 Å². The fourth-order valence-corrected chi connectivity index (χ4v) is 2.48. The highest BCUT2D eigenvalue weighted by molar-refractivity contribution is 6.32. The molecule has 0 bridgehead atoms. The van der Waals surface area contributed by atoms with Gasteiger partial charge in [0, 0.05) is 11.1 Å². The SMILES string of the molecule is O=C(Nc1ccn[nH]1)C1(c2ccccc2Cl)CC1. The monoisotopic (exact) mass is 261 g/mol. The second-order valence-electron chi connectivity index (χ2n) is 4.49. The van der Waals surface area contributed by atoms with Crippen molar-refractivity contribution in [3.05, 3.63) is 47.1 Å². The molecule has 0 radical (unpaired) electrons. The Labute approximate surface area is 109 Å². The molecule has 0 atom stereocenters. The molecule has 1 saturated carbocycles. The zero-order chi connectivity index (χ0) is 12.6. The van der Waals surface area contributed by atoms with Crippen LogP contribution in [0.2, 0.25) is 5.02 Å². The summed E-state index contributed by atoms with van der Waals surface area (Å²) < 4.78 is 0. The van der Waals surface area contributed by atoms with Crippen LogP contribution in [-0.2, 0) is 10.2 Å². The minimum absolute atomic E-state index is 0.0279. The number of amides is 1. The Balaban J connectivity index is 1.87. The van der Waals surface area contributed by atoms with E-state index in [1.807, 2.05) is 24.3 Å². The van der Waals surface area contributed by atoms with Gasteiger partial charge in [-0.3, -0.25) is 9.89 Å². The molecule has 92 valence electrons. The molecular formula is C13H12ClN3O. The molecule has 2 aromatic rings. The van der Waals surface area contributed by atoms with Crippen LogP contribution in [-0.4, -0.2) is 16.1 Å². The fourth-order valence-electron chi connectivity index (χ4n) is 2.16. The molecule has 0 spiro atoms. The lowest BCUT2D eigenvalue weighted by Crippen LogP contribution is -2.28. The molecule has 18 heavy (non-hydrogen) atoms. The number of nitrogens with zero attached hydrogens (tertiary/aromatic N) is 1. The largest absolute Gasteiger partial charge is 0.310 e. The van der Waals surface area contributed by atoms with E-state index in [4.69, 9.17) is 11.6 Å². The van der Waals surface area contributed by atoms with E-state index in [0.29, 0.717) is 10.8 Å². The second kappa shape index (κ2) is 4.14. The van der Waals surface area contributed by atoms with E-state index in [9.17, 15) is 4.79 Å². The van der Waals surface area contributed by atoms with Crippen LogP contribution < -0.4 is 5.32 Å². The maximum absolute atomic E-state index is 12.3. The summed E-state index contributed by atoms with van der Waals surface area (Å²) in [6, 6.07) is 9.24. The van der Waals surface area contributed by atoms with Crippen LogP contribution in [0.25, 0.3) is 0 Å². The Morgan fingerprint density at radius 3 is 2.72 bits per heavy atom. The molecule has 1 heterocycles. The zero-order valence-electron chi connectivity index (χ0n) is 9.61. The Bertz CT molecular complexity index is 576. The molecule has 1 aromatic carbocycles. The lowest BCUT2D eigenvalue weighted by atomic mass is 9.95. The van der Waals surface area contributed by atoms with Gasteiger partial charge in [-0.15, -0.1) is 0 Å². The molecule has 1 aromatic heterocycles. The van der Waals surface area contributed by atoms with Gasteiger partial charge in [0.2, 0.25) is 5.91 Å². The molecule has 5 heteroatoms. The highest BCUT2D eigenvalue weighted by atomic mass is 35.5. The maximum atomic E-state index is 12.3. The zero-order valence-corrected chi connectivity index (χ0v) is 10.4. The van der Waals surface area contributed by atoms with Crippen molar-refractivity contribution < 1.29 is 4.79 Å². The van der Waals surface area contributed by atoms with Crippen molar-refractivity contribution in [1.82, 2.24) is 10.2 Å². The van der Waals surface area contributed by atoms with Crippen molar-refractivity contribution >= 4 is 23.3 Å². The Hall–Kier alpha value is -1.81. The van der Waals surface area contributed by atoms with Crippen molar-refractivity contribution in [2.45, 2.75) is 18.3 Å². The number of anilines is 1. The molecule has 4 nitrogen and oxygen atoms in total. The number of aromatic nitrogens is 2. The van der Waals surface area contributed by atoms with Crippen LogP contribution in [0.4, 0.5) is 5.82 Å². The fraction of sp³-hybridized carbons (Fsp3) is 0.231. The predicted molar refractivity (Wildman–Crippen MR) is 69.6 cm³/mol. The van der Waals surface area contributed by atoms with E-state index in [2.05, 4.69) is 15.5 Å². The van der Waals surface area contributed by atoms with Crippen molar-refractivity contribution in [2.24, 2.45) is 0 Å². The van der Waals surface area contributed by atoms with Gasteiger partial charge in [0.05, 0.1) is 11.6 Å². The summed E-state index contributed by atoms with van der Waals surface area (Å²) in [6.07, 6.45) is 3.26. The van der Waals surface area contributed by atoms with Gasteiger partial charge in [0.15, 0.2) is 0 Å². The summed E-state index contributed by atoms with van der Waals surface area (Å²) in [5, 5.41) is 10.0. The van der Waals surface area contributed by atoms with Crippen LogP contribution in [0, 0.1) is 0 Å². The standard InChI is InChI=1S/C13H12ClN3O/c14-10-4-2-1-3-9(10)13(6-7-13)12(18)16-11-5-8-15-17-11/h1-5,8H,6-7H2,(H2,15,16,17,18). The third kappa shape index (κ3) is 1.78. The van der Waals surface area contributed by atoms with E-state index in [1.54, 1.807) is 12.3 Å². The quantitative estimate of drug-likeness (QED) is 0.893. The van der Waals surface area contributed by atoms with Gasteiger partial charge < -0.3 is 5.32 Å². The van der Waals surface area contributed by atoms with Crippen LogP contribution >= 0.6 is 11.6 Å². The van der Waals surface area contributed by atoms with Gasteiger partial charge in [-0.25, -0.2) is 0 Å². The number of halogens is 1. The number of nitrogens with one attached hydrogen (secondary N) is 2. The van der Waals surface area contributed by atoms with Gasteiger partial charge in [-0.1, -0.05) is 29.8 Å². The Morgan fingerprint density at radius 2 is 2.11 bits per heavy atom. The summed E-state index contributed by atoms with van der Waals surface area (Å²) in [5.74, 6) is 0.582. The van der Waals surface area contributed by atoms with Gasteiger partial charge >= 0.3 is 0 Å². The number of carbonyl (C=O) groups excluding carboxylic acids is 1. The van der Waals surface area contributed by atoms with Crippen LogP contribution in [0.1, 0.15) is 18.4 Å². The molecule has 3 rings (SSSR count). The average Bonchev–Trinajstić information content (AvgIpc) is 3.02. The topological polar surface area (TPSA) is 57.8 Å². The molecular weight excluding hydrogens is 250 g/mol. The van der Waals surface area contributed by atoms with Gasteiger partial charge in [-0.2, -0.15) is 5.10 Å². The normalized spacial score (nSPS) is 16.3. The predicted octanol–water partition coefficient (Wildman–Crippen LogP) is 2.73. The molecule has 2 N–H and O–H groups in total. The Morgan fingerprint density at radius 1 is 1.33 bits per heavy atom. The molecule has 1 amide bonds. The third-order valence-corrected chi connectivity index (χ3v) is 3.65. The van der Waals surface area contributed by atoms with E-state index in [0.717, 1.165) is 18.4 Å². The average molecular weight is 262 g/mol. The first-order valence-corrected chi connectivity index (χ1v) is 6.16.